The highest BCUT2D eigenvalue weighted by molar-refractivity contribution is 14.1. The molecular weight excluding hydrogens is 421 g/mol. The van der Waals surface area contributed by atoms with Crippen LogP contribution in [0.1, 0.15) is 10.4 Å². The zero-order chi connectivity index (χ0) is 14.0. The third-order valence-electron chi connectivity index (χ3n) is 2.20. The molecule has 0 saturated heterocycles. The molecule has 1 heterocycles. The van der Waals surface area contributed by atoms with Crippen LogP contribution < -0.4 is 5.32 Å². The van der Waals surface area contributed by atoms with E-state index in [1.165, 1.54) is 12.1 Å². The predicted octanol–water partition coefficient (Wildman–Crippen LogP) is 4.90. The van der Waals surface area contributed by atoms with Crippen LogP contribution in [0.15, 0.2) is 30.3 Å². The molecule has 0 aliphatic rings. The number of nitrogens with one attached hydrogen (secondary N) is 1. The molecule has 1 N–H and O–H groups in total. The summed E-state index contributed by atoms with van der Waals surface area (Å²) < 4.78 is 0.838. The third-order valence-corrected chi connectivity index (χ3v) is 3.72. The van der Waals surface area contributed by atoms with E-state index in [4.69, 9.17) is 34.8 Å². The second-order valence-corrected chi connectivity index (χ2v) is 5.95. The van der Waals surface area contributed by atoms with E-state index >= 15 is 0 Å². The Morgan fingerprint density at radius 2 is 1.74 bits per heavy atom. The SMILES string of the molecule is O=C(Nc1ccc(Cl)cc1I)c1cc(Cl)nc(Cl)c1. The lowest BCUT2D eigenvalue weighted by molar-refractivity contribution is 0.102. The van der Waals surface area contributed by atoms with Crippen LogP contribution in [0.3, 0.4) is 0 Å². The maximum absolute atomic E-state index is 12.1. The van der Waals surface area contributed by atoms with Crippen LogP contribution in [0.2, 0.25) is 15.3 Å². The van der Waals surface area contributed by atoms with Crippen molar-refractivity contribution in [3.05, 3.63) is 54.8 Å². The van der Waals surface area contributed by atoms with Gasteiger partial charge < -0.3 is 5.32 Å². The first-order valence-corrected chi connectivity index (χ1v) is 7.26. The number of hydrogen-bond acceptors (Lipinski definition) is 2. The van der Waals surface area contributed by atoms with Crippen LogP contribution in [-0.4, -0.2) is 10.9 Å². The Morgan fingerprint density at radius 3 is 2.32 bits per heavy atom. The summed E-state index contributed by atoms with van der Waals surface area (Å²) in [5.74, 6) is -0.313. The first-order valence-electron chi connectivity index (χ1n) is 5.05. The number of hydrogen-bond donors (Lipinski definition) is 1. The number of aromatic nitrogens is 1. The number of nitrogens with zero attached hydrogens (tertiary/aromatic N) is 1. The van der Waals surface area contributed by atoms with Crippen molar-refractivity contribution in [1.29, 1.82) is 0 Å². The van der Waals surface area contributed by atoms with Crippen molar-refractivity contribution >= 4 is 69.0 Å². The quantitative estimate of drug-likeness (QED) is 0.547. The van der Waals surface area contributed by atoms with Gasteiger partial charge in [0.2, 0.25) is 0 Å². The topological polar surface area (TPSA) is 42.0 Å². The number of benzene rings is 1. The first-order chi connectivity index (χ1) is 8.95. The van der Waals surface area contributed by atoms with Gasteiger partial charge in [-0.1, -0.05) is 34.8 Å². The largest absolute Gasteiger partial charge is 0.321 e. The lowest BCUT2D eigenvalue weighted by atomic mass is 10.2. The van der Waals surface area contributed by atoms with Crippen molar-refractivity contribution in [3.63, 3.8) is 0 Å². The molecule has 1 aromatic heterocycles. The highest BCUT2D eigenvalue weighted by atomic mass is 127. The second kappa shape index (κ2) is 6.26. The number of pyridine rings is 1. The van der Waals surface area contributed by atoms with E-state index in [0.29, 0.717) is 16.3 Å². The summed E-state index contributed by atoms with van der Waals surface area (Å²) in [7, 11) is 0. The average Bonchev–Trinajstić information content (AvgIpc) is 2.31. The molecule has 0 atom stereocenters. The van der Waals surface area contributed by atoms with Crippen molar-refractivity contribution in [2.45, 2.75) is 0 Å². The van der Waals surface area contributed by atoms with E-state index in [1.54, 1.807) is 18.2 Å². The van der Waals surface area contributed by atoms with Crippen LogP contribution in [0.5, 0.6) is 0 Å². The number of rotatable bonds is 2. The molecule has 0 aliphatic heterocycles. The number of carbonyl (C=O) groups excluding carboxylic acids is 1. The van der Waals surface area contributed by atoms with Gasteiger partial charge in [-0.25, -0.2) is 4.98 Å². The Bertz CT molecular complexity index is 629. The van der Waals surface area contributed by atoms with E-state index in [1.807, 2.05) is 0 Å². The minimum absolute atomic E-state index is 0.170. The lowest BCUT2D eigenvalue weighted by Crippen LogP contribution is -2.13. The molecule has 1 aromatic carbocycles. The summed E-state index contributed by atoms with van der Waals surface area (Å²) in [6.45, 7) is 0. The highest BCUT2D eigenvalue weighted by Gasteiger charge is 2.11. The predicted molar refractivity (Wildman–Crippen MR) is 86.4 cm³/mol. The van der Waals surface area contributed by atoms with E-state index < -0.39 is 0 Å². The Morgan fingerprint density at radius 1 is 1.11 bits per heavy atom. The van der Waals surface area contributed by atoms with Gasteiger partial charge in [0.15, 0.2) is 0 Å². The number of anilines is 1. The molecule has 98 valence electrons. The molecule has 0 saturated carbocycles. The Hall–Kier alpha value is -0.560. The van der Waals surface area contributed by atoms with Gasteiger partial charge in [-0.15, -0.1) is 0 Å². The smallest absolute Gasteiger partial charge is 0.255 e. The van der Waals surface area contributed by atoms with Crippen molar-refractivity contribution in [2.24, 2.45) is 0 Å². The van der Waals surface area contributed by atoms with Gasteiger partial charge in [-0.3, -0.25) is 4.79 Å². The van der Waals surface area contributed by atoms with Crippen LogP contribution in [-0.2, 0) is 0 Å². The molecule has 2 rings (SSSR count). The summed E-state index contributed by atoms with van der Waals surface area (Å²) in [5, 5.41) is 3.71. The summed E-state index contributed by atoms with van der Waals surface area (Å²) in [6.07, 6.45) is 0. The minimum Gasteiger partial charge on any atom is -0.321 e. The van der Waals surface area contributed by atoms with Gasteiger partial charge in [-0.05, 0) is 52.9 Å². The molecule has 0 unspecified atom stereocenters. The molecule has 19 heavy (non-hydrogen) atoms. The van der Waals surface area contributed by atoms with Crippen LogP contribution >= 0.6 is 57.4 Å². The number of amides is 1. The fourth-order valence-electron chi connectivity index (χ4n) is 1.38. The molecule has 3 nitrogen and oxygen atoms in total. The molecule has 7 heteroatoms. The normalized spacial score (nSPS) is 10.3. The minimum atomic E-state index is -0.313. The number of carbonyl (C=O) groups is 1. The van der Waals surface area contributed by atoms with Gasteiger partial charge >= 0.3 is 0 Å². The zero-order valence-electron chi connectivity index (χ0n) is 9.25. The maximum Gasteiger partial charge on any atom is 0.255 e. The standard InChI is InChI=1S/C12H6Cl3IN2O/c13-7-1-2-9(8(16)5-7)17-12(19)6-3-10(14)18-11(15)4-6/h1-5H,(H,17,19). The van der Waals surface area contributed by atoms with Crippen molar-refractivity contribution in [2.75, 3.05) is 5.32 Å². The van der Waals surface area contributed by atoms with Gasteiger partial charge in [0.05, 0.1) is 5.69 Å². The lowest BCUT2D eigenvalue weighted by Gasteiger charge is -2.08. The van der Waals surface area contributed by atoms with Crippen LogP contribution in [0, 0.1) is 3.57 Å². The molecule has 0 radical (unpaired) electrons. The van der Waals surface area contributed by atoms with Crippen molar-refractivity contribution in [3.8, 4) is 0 Å². The average molecular weight is 427 g/mol. The molecule has 2 aromatic rings. The van der Waals surface area contributed by atoms with Gasteiger partial charge in [0.1, 0.15) is 10.3 Å². The molecule has 0 fully saturated rings. The molecular formula is C12H6Cl3IN2O. The second-order valence-electron chi connectivity index (χ2n) is 3.58. The highest BCUT2D eigenvalue weighted by Crippen LogP contribution is 2.23. The fourth-order valence-corrected chi connectivity index (χ4v) is 2.85. The van der Waals surface area contributed by atoms with E-state index in [-0.39, 0.29) is 16.2 Å². The van der Waals surface area contributed by atoms with E-state index in [9.17, 15) is 4.79 Å². The monoisotopic (exact) mass is 426 g/mol. The van der Waals surface area contributed by atoms with Gasteiger partial charge in [0, 0.05) is 14.2 Å². The summed E-state index contributed by atoms with van der Waals surface area (Å²) in [4.78, 5) is 15.8. The van der Waals surface area contributed by atoms with Crippen molar-refractivity contribution < 1.29 is 4.79 Å². The third kappa shape index (κ3) is 3.95. The Labute approximate surface area is 138 Å². The summed E-state index contributed by atoms with van der Waals surface area (Å²) in [6, 6.07) is 8.08. The Kier molecular flexibility index (Phi) is 4.89. The van der Waals surface area contributed by atoms with Crippen molar-refractivity contribution in [1.82, 2.24) is 4.98 Å². The Balaban J connectivity index is 2.25. The van der Waals surface area contributed by atoms with E-state index in [0.717, 1.165) is 3.57 Å². The molecule has 0 bridgehead atoms. The van der Waals surface area contributed by atoms with Crippen LogP contribution in [0.4, 0.5) is 5.69 Å². The van der Waals surface area contributed by atoms with Gasteiger partial charge in [0.25, 0.3) is 5.91 Å². The summed E-state index contributed by atoms with van der Waals surface area (Å²) in [5.41, 5.74) is 1.01. The summed E-state index contributed by atoms with van der Waals surface area (Å²) >= 11 is 19.4. The maximum atomic E-state index is 12.1. The number of halogens is 4. The molecule has 1 amide bonds. The fraction of sp³-hybridized carbons (Fsp3) is 0. The van der Waals surface area contributed by atoms with Crippen LogP contribution in [0.25, 0.3) is 0 Å². The van der Waals surface area contributed by atoms with Gasteiger partial charge in [-0.2, -0.15) is 0 Å². The molecule has 0 spiro atoms. The van der Waals surface area contributed by atoms with E-state index in [2.05, 4.69) is 32.9 Å². The first kappa shape index (κ1) is 14.8. The zero-order valence-corrected chi connectivity index (χ0v) is 13.7. The molecule has 0 aliphatic carbocycles.